The monoisotopic (exact) mass is 224 g/mol. The third kappa shape index (κ3) is 11.9. The lowest BCUT2D eigenvalue weighted by Gasteiger charge is -2.19. The molecule has 5 heteroatoms. The lowest BCUT2D eigenvalue weighted by Crippen LogP contribution is -2.07. The van der Waals surface area contributed by atoms with Crippen molar-refractivity contribution in [3.8, 4) is 0 Å². The molecule has 0 aliphatic heterocycles. The number of hydrogen-bond donors (Lipinski definition) is 2. The van der Waals surface area contributed by atoms with E-state index in [1.54, 1.807) is 0 Å². The largest absolute Gasteiger partial charge is 0.396 e. The quantitative estimate of drug-likeness (QED) is 0.696. The van der Waals surface area contributed by atoms with Crippen LogP contribution in [0.1, 0.15) is 38.5 Å². The lowest BCUT2D eigenvalue weighted by molar-refractivity contribution is 0.230. The molecule has 0 spiro atoms. The van der Waals surface area contributed by atoms with Gasteiger partial charge in [-0.15, -0.1) is 0 Å². The summed E-state index contributed by atoms with van der Waals surface area (Å²) in [5, 5.41) is 8.62. The molecule has 0 bridgehead atoms. The minimum Gasteiger partial charge on any atom is -0.396 e. The van der Waals surface area contributed by atoms with Gasteiger partial charge < -0.3 is 5.11 Å². The molecule has 4 nitrogen and oxygen atoms in total. The zero-order valence-corrected chi connectivity index (χ0v) is 9.46. The van der Waals surface area contributed by atoms with Gasteiger partial charge >= 0.3 is 0 Å². The van der Waals surface area contributed by atoms with Gasteiger partial charge in [0.2, 0.25) is 0 Å². The maximum Gasteiger partial charge on any atom is 0.261 e. The van der Waals surface area contributed by atoms with Gasteiger partial charge in [-0.25, -0.2) is 0 Å². The SMILES string of the molecule is CS(=O)(=O)O.OCCC1CCCCC1. The van der Waals surface area contributed by atoms with Crippen LogP contribution in [0.25, 0.3) is 0 Å². The van der Waals surface area contributed by atoms with Crippen molar-refractivity contribution in [1.29, 1.82) is 0 Å². The van der Waals surface area contributed by atoms with Crippen molar-refractivity contribution in [2.75, 3.05) is 12.9 Å². The molecule has 0 radical (unpaired) electrons. The molecule has 0 heterocycles. The highest BCUT2D eigenvalue weighted by molar-refractivity contribution is 7.85. The third-order valence-electron chi connectivity index (χ3n) is 2.26. The summed E-state index contributed by atoms with van der Waals surface area (Å²) in [5.74, 6) is 0.851. The van der Waals surface area contributed by atoms with E-state index in [0.29, 0.717) is 12.9 Å². The molecule has 0 amide bonds. The second-order valence-corrected chi connectivity index (χ2v) is 5.22. The highest BCUT2D eigenvalue weighted by Crippen LogP contribution is 2.25. The predicted octanol–water partition coefficient (Wildman–Crippen LogP) is 1.45. The molecule has 0 aromatic carbocycles. The van der Waals surface area contributed by atoms with Crippen molar-refractivity contribution < 1.29 is 18.1 Å². The first-order valence-corrected chi connectivity index (χ1v) is 6.81. The first-order valence-electron chi connectivity index (χ1n) is 4.97. The van der Waals surface area contributed by atoms with Gasteiger partial charge in [-0.2, -0.15) is 8.42 Å². The van der Waals surface area contributed by atoms with Crippen LogP contribution in [0.3, 0.4) is 0 Å². The van der Waals surface area contributed by atoms with Crippen LogP contribution in [0, 0.1) is 5.92 Å². The van der Waals surface area contributed by atoms with E-state index in [1.165, 1.54) is 32.1 Å². The Morgan fingerprint density at radius 3 is 2.00 bits per heavy atom. The van der Waals surface area contributed by atoms with Crippen LogP contribution >= 0.6 is 0 Å². The van der Waals surface area contributed by atoms with Crippen LogP contribution in [0.4, 0.5) is 0 Å². The summed E-state index contributed by atoms with van der Waals surface area (Å²) in [6, 6.07) is 0. The fourth-order valence-corrected chi connectivity index (χ4v) is 1.66. The summed E-state index contributed by atoms with van der Waals surface area (Å²) in [4.78, 5) is 0. The van der Waals surface area contributed by atoms with Crippen LogP contribution in [-0.4, -0.2) is 30.9 Å². The molecule has 1 rings (SSSR count). The minimum absolute atomic E-state index is 0.394. The summed E-state index contributed by atoms with van der Waals surface area (Å²) in [7, 11) is -3.67. The third-order valence-corrected chi connectivity index (χ3v) is 2.26. The Hall–Kier alpha value is -0.130. The van der Waals surface area contributed by atoms with Crippen LogP contribution in [0.5, 0.6) is 0 Å². The van der Waals surface area contributed by atoms with E-state index >= 15 is 0 Å². The molecular weight excluding hydrogens is 204 g/mol. The van der Waals surface area contributed by atoms with E-state index in [9.17, 15) is 8.42 Å². The van der Waals surface area contributed by atoms with Crippen LogP contribution in [-0.2, 0) is 10.1 Å². The first-order chi connectivity index (χ1) is 6.43. The molecule has 0 unspecified atom stereocenters. The van der Waals surface area contributed by atoms with E-state index in [4.69, 9.17) is 9.66 Å². The highest BCUT2D eigenvalue weighted by Gasteiger charge is 2.11. The van der Waals surface area contributed by atoms with Crippen LogP contribution in [0.2, 0.25) is 0 Å². The van der Waals surface area contributed by atoms with Gasteiger partial charge in [0, 0.05) is 6.61 Å². The average Bonchev–Trinajstić information content (AvgIpc) is 2.03. The van der Waals surface area contributed by atoms with Gasteiger partial charge in [-0.05, 0) is 12.3 Å². The van der Waals surface area contributed by atoms with E-state index in [-0.39, 0.29) is 0 Å². The van der Waals surface area contributed by atoms with Crippen LogP contribution < -0.4 is 0 Å². The van der Waals surface area contributed by atoms with Crippen molar-refractivity contribution >= 4 is 10.1 Å². The summed E-state index contributed by atoms with van der Waals surface area (Å²) in [6.07, 6.45) is 8.69. The smallest absolute Gasteiger partial charge is 0.261 e. The molecule has 1 aliphatic rings. The van der Waals surface area contributed by atoms with E-state index < -0.39 is 10.1 Å². The second-order valence-electron chi connectivity index (χ2n) is 3.75. The second kappa shape index (κ2) is 7.20. The highest BCUT2D eigenvalue weighted by atomic mass is 32.2. The molecule has 2 N–H and O–H groups in total. The Labute approximate surface area is 86.1 Å². The molecule has 0 atom stereocenters. The van der Waals surface area contributed by atoms with Gasteiger partial charge in [0.25, 0.3) is 10.1 Å². The molecular formula is C9H20O4S. The van der Waals surface area contributed by atoms with Gasteiger partial charge in [-0.3, -0.25) is 4.55 Å². The maximum atomic E-state index is 9.19. The van der Waals surface area contributed by atoms with Crippen molar-refractivity contribution in [2.45, 2.75) is 38.5 Å². The fourth-order valence-electron chi connectivity index (χ4n) is 1.66. The molecule has 0 saturated heterocycles. The molecule has 0 aromatic rings. The van der Waals surface area contributed by atoms with Crippen molar-refractivity contribution in [2.24, 2.45) is 5.92 Å². The zero-order chi connectivity index (χ0) is 11.0. The number of aliphatic hydroxyl groups is 1. The van der Waals surface area contributed by atoms with E-state index in [0.717, 1.165) is 12.3 Å². The summed E-state index contributed by atoms with van der Waals surface area (Å²) in [6.45, 7) is 0.394. The molecule has 1 aliphatic carbocycles. The predicted molar refractivity (Wildman–Crippen MR) is 55.8 cm³/mol. The summed E-state index contributed by atoms with van der Waals surface area (Å²) in [5.41, 5.74) is 0. The Morgan fingerprint density at radius 1 is 1.21 bits per heavy atom. The van der Waals surface area contributed by atoms with E-state index in [2.05, 4.69) is 0 Å². The molecule has 1 fully saturated rings. The normalized spacial score (nSPS) is 18.5. The lowest BCUT2D eigenvalue weighted by atomic mass is 9.87. The molecule has 0 aromatic heterocycles. The molecule has 14 heavy (non-hydrogen) atoms. The average molecular weight is 224 g/mol. The van der Waals surface area contributed by atoms with Crippen molar-refractivity contribution in [1.82, 2.24) is 0 Å². The zero-order valence-electron chi connectivity index (χ0n) is 8.65. The molecule has 86 valence electrons. The number of aliphatic hydroxyl groups excluding tert-OH is 1. The van der Waals surface area contributed by atoms with Gasteiger partial charge in [0.05, 0.1) is 6.26 Å². The van der Waals surface area contributed by atoms with Crippen LogP contribution in [0.15, 0.2) is 0 Å². The maximum absolute atomic E-state index is 9.19. The van der Waals surface area contributed by atoms with Gasteiger partial charge in [0.1, 0.15) is 0 Å². The van der Waals surface area contributed by atoms with E-state index in [1.807, 2.05) is 0 Å². The standard InChI is InChI=1S/C8H16O.CH4O3S/c9-7-6-8-4-2-1-3-5-8;1-5(2,3)4/h8-9H,1-7H2;1H3,(H,2,3,4). The Morgan fingerprint density at radius 2 is 1.64 bits per heavy atom. The topological polar surface area (TPSA) is 74.6 Å². The Bertz CT molecular complexity index is 206. The van der Waals surface area contributed by atoms with Crippen molar-refractivity contribution in [3.05, 3.63) is 0 Å². The van der Waals surface area contributed by atoms with Gasteiger partial charge in [0.15, 0.2) is 0 Å². The molecule has 1 saturated carbocycles. The Balaban J connectivity index is 0.000000292. The minimum atomic E-state index is -3.67. The summed E-state index contributed by atoms with van der Waals surface area (Å²) < 4.78 is 25.9. The fraction of sp³-hybridized carbons (Fsp3) is 1.00. The summed E-state index contributed by atoms with van der Waals surface area (Å²) >= 11 is 0. The van der Waals surface area contributed by atoms with Gasteiger partial charge in [-0.1, -0.05) is 32.1 Å². The first kappa shape index (κ1) is 13.9. The Kier molecular flexibility index (Phi) is 7.13. The van der Waals surface area contributed by atoms with Crippen molar-refractivity contribution in [3.63, 3.8) is 0 Å². The number of rotatable bonds is 2. The number of hydrogen-bond acceptors (Lipinski definition) is 3.